The van der Waals surface area contributed by atoms with Crippen molar-refractivity contribution < 1.29 is 9.90 Å². The average molecular weight is 253 g/mol. The van der Waals surface area contributed by atoms with Gasteiger partial charge in [0, 0.05) is 11.3 Å². The fourth-order valence-electron chi connectivity index (χ4n) is 1.53. The summed E-state index contributed by atoms with van der Waals surface area (Å²) in [6, 6.07) is 8.35. The van der Waals surface area contributed by atoms with E-state index in [4.69, 9.17) is 10.8 Å². The molecule has 3 N–H and O–H groups in total. The van der Waals surface area contributed by atoms with Crippen molar-refractivity contribution in [3.63, 3.8) is 0 Å². The van der Waals surface area contributed by atoms with Gasteiger partial charge in [0.25, 0.3) is 0 Å². The predicted octanol–water partition coefficient (Wildman–Crippen LogP) is 2.53. The molecule has 4 heteroatoms. The second-order valence-corrected chi connectivity index (χ2v) is 5.32. The van der Waals surface area contributed by atoms with E-state index in [1.807, 2.05) is 0 Å². The molecule has 0 saturated heterocycles. The van der Waals surface area contributed by atoms with Crippen LogP contribution in [0.4, 0.5) is 0 Å². The average Bonchev–Trinajstić information content (AvgIpc) is 2.30. The number of aryl methyl sites for hydroxylation is 1. The highest BCUT2D eigenvalue weighted by Gasteiger charge is 2.11. The van der Waals surface area contributed by atoms with Crippen LogP contribution in [-0.2, 0) is 4.79 Å². The molecule has 3 nitrogen and oxygen atoms in total. The Balaban J connectivity index is 2.30. The Kier molecular flexibility index (Phi) is 6.08. The van der Waals surface area contributed by atoms with Crippen LogP contribution in [-0.4, -0.2) is 23.4 Å². The topological polar surface area (TPSA) is 63.3 Å². The Hall–Kier alpha value is -1.00. The van der Waals surface area contributed by atoms with Crippen LogP contribution < -0.4 is 5.73 Å². The van der Waals surface area contributed by atoms with Crippen molar-refractivity contribution in [2.75, 3.05) is 12.3 Å². The number of carboxylic acid groups (broad SMARTS) is 1. The van der Waals surface area contributed by atoms with E-state index in [1.54, 1.807) is 11.8 Å². The molecule has 0 bridgehead atoms. The molecule has 0 fully saturated rings. The molecule has 0 amide bonds. The lowest BCUT2D eigenvalue weighted by atomic mass is 10.0. The number of hydrogen-bond acceptors (Lipinski definition) is 3. The van der Waals surface area contributed by atoms with Crippen molar-refractivity contribution in [2.24, 2.45) is 11.7 Å². The van der Waals surface area contributed by atoms with Gasteiger partial charge in [-0.15, -0.1) is 11.8 Å². The fourth-order valence-corrected chi connectivity index (χ4v) is 2.54. The molecule has 0 saturated carbocycles. The molecule has 1 aromatic carbocycles. The lowest BCUT2D eigenvalue weighted by molar-refractivity contribution is -0.138. The highest BCUT2D eigenvalue weighted by atomic mass is 32.2. The maximum absolute atomic E-state index is 10.6. The van der Waals surface area contributed by atoms with E-state index in [1.165, 1.54) is 10.5 Å². The van der Waals surface area contributed by atoms with E-state index in [-0.39, 0.29) is 12.3 Å². The zero-order chi connectivity index (χ0) is 12.7. The minimum atomic E-state index is -0.763. The van der Waals surface area contributed by atoms with Gasteiger partial charge in [0.05, 0.1) is 0 Å². The van der Waals surface area contributed by atoms with Crippen LogP contribution in [0.3, 0.4) is 0 Å². The number of carbonyl (C=O) groups is 1. The van der Waals surface area contributed by atoms with E-state index < -0.39 is 5.97 Å². The van der Waals surface area contributed by atoms with E-state index in [0.29, 0.717) is 6.54 Å². The molecule has 0 spiro atoms. The van der Waals surface area contributed by atoms with Gasteiger partial charge in [0.15, 0.2) is 0 Å². The number of thioether (sulfide) groups is 1. The molecule has 0 radical (unpaired) electrons. The molecule has 0 heterocycles. The van der Waals surface area contributed by atoms with Gasteiger partial charge in [-0.2, -0.15) is 0 Å². The molecule has 1 aromatic rings. The first-order valence-electron chi connectivity index (χ1n) is 5.73. The zero-order valence-electron chi connectivity index (χ0n) is 10.1. The van der Waals surface area contributed by atoms with E-state index >= 15 is 0 Å². The van der Waals surface area contributed by atoms with Crippen LogP contribution in [0.25, 0.3) is 0 Å². The first kappa shape index (κ1) is 14.1. The minimum absolute atomic E-state index is 0.0884. The van der Waals surface area contributed by atoms with E-state index in [9.17, 15) is 4.79 Å². The van der Waals surface area contributed by atoms with Crippen molar-refractivity contribution in [3.05, 3.63) is 29.8 Å². The summed E-state index contributed by atoms with van der Waals surface area (Å²) >= 11 is 1.75. The SMILES string of the molecule is Cc1ccc(SCCC(CN)CC(=O)O)cc1. The smallest absolute Gasteiger partial charge is 0.303 e. The number of benzene rings is 1. The van der Waals surface area contributed by atoms with Crippen LogP contribution in [0.15, 0.2) is 29.2 Å². The second kappa shape index (κ2) is 7.35. The summed E-state index contributed by atoms with van der Waals surface area (Å²) in [6.07, 6.45) is 1.02. The Labute approximate surface area is 106 Å². The molecule has 0 aliphatic heterocycles. The highest BCUT2D eigenvalue weighted by Crippen LogP contribution is 2.21. The van der Waals surface area contributed by atoms with E-state index in [0.717, 1.165) is 12.2 Å². The van der Waals surface area contributed by atoms with Crippen LogP contribution in [0.2, 0.25) is 0 Å². The van der Waals surface area contributed by atoms with Gasteiger partial charge in [0.2, 0.25) is 0 Å². The normalized spacial score (nSPS) is 12.4. The molecule has 0 aliphatic rings. The van der Waals surface area contributed by atoms with Gasteiger partial charge in [-0.3, -0.25) is 4.79 Å². The maximum atomic E-state index is 10.6. The lowest BCUT2D eigenvalue weighted by Gasteiger charge is -2.11. The summed E-state index contributed by atoms with van der Waals surface area (Å²) in [4.78, 5) is 11.8. The Morgan fingerprint density at radius 1 is 1.41 bits per heavy atom. The van der Waals surface area contributed by atoms with Crippen LogP contribution in [0.5, 0.6) is 0 Å². The second-order valence-electron chi connectivity index (χ2n) is 4.15. The molecular weight excluding hydrogens is 234 g/mol. The standard InChI is InChI=1S/C13H19NO2S/c1-10-2-4-12(5-3-10)17-7-6-11(9-14)8-13(15)16/h2-5,11H,6-9,14H2,1H3,(H,15,16). The van der Waals surface area contributed by atoms with Gasteiger partial charge in [-0.1, -0.05) is 17.7 Å². The van der Waals surface area contributed by atoms with Gasteiger partial charge < -0.3 is 10.8 Å². The first-order chi connectivity index (χ1) is 8.11. The molecule has 1 atom stereocenters. The summed E-state index contributed by atoms with van der Waals surface area (Å²) in [5.41, 5.74) is 6.80. The summed E-state index contributed by atoms with van der Waals surface area (Å²) < 4.78 is 0. The molecule has 94 valence electrons. The number of carboxylic acids is 1. The summed E-state index contributed by atoms with van der Waals surface area (Å²) in [6.45, 7) is 2.51. The number of hydrogen-bond donors (Lipinski definition) is 2. The quantitative estimate of drug-likeness (QED) is 0.733. The Morgan fingerprint density at radius 3 is 2.59 bits per heavy atom. The first-order valence-corrected chi connectivity index (χ1v) is 6.71. The maximum Gasteiger partial charge on any atom is 0.303 e. The van der Waals surface area contributed by atoms with Gasteiger partial charge in [-0.25, -0.2) is 0 Å². The molecule has 1 rings (SSSR count). The largest absolute Gasteiger partial charge is 0.481 e. The third-order valence-corrected chi connectivity index (χ3v) is 3.66. The van der Waals surface area contributed by atoms with E-state index in [2.05, 4.69) is 31.2 Å². The molecular formula is C13H19NO2S. The minimum Gasteiger partial charge on any atom is -0.481 e. The summed E-state index contributed by atoms with van der Waals surface area (Å²) in [7, 11) is 0. The molecule has 17 heavy (non-hydrogen) atoms. The van der Waals surface area contributed by atoms with Crippen molar-refractivity contribution in [1.82, 2.24) is 0 Å². The highest BCUT2D eigenvalue weighted by molar-refractivity contribution is 7.99. The molecule has 1 unspecified atom stereocenters. The van der Waals surface area contributed by atoms with Crippen molar-refractivity contribution in [1.29, 1.82) is 0 Å². The monoisotopic (exact) mass is 253 g/mol. The third kappa shape index (κ3) is 5.75. The van der Waals surface area contributed by atoms with Crippen molar-refractivity contribution in [3.8, 4) is 0 Å². The van der Waals surface area contributed by atoms with Crippen molar-refractivity contribution in [2.45, 2.75) is 24.7 Å². The fraction of sp³-hybridized carbons (Fsp3) is 0.462. The van der Waals surface area contributed by atoms with Crippen LogP contribution >= 0.6 is 11.8 Å². The van der Waals surface area contributed by atoms with Gasteiger partial charge in [-0.05, 0) is 43.7 Å². The number of rotatable bonds is 7. The van der Waals surface area contributed by atoms with Crippen LogP contribution in [0, 0.1) is 12.8 Å². The lowest BCUT2D eigenvalue weighted by Crippen LogP contribution is -2.18. The number of aliphatic carboxylic acids is 1. The Bertz CT molecular complexity index is 351. The zero-order valence-corrected chi connectivity index (χ0v) is 10.9. The van der Waals surface area contributed by atoms with Crippen LogP contribution in [0.1, 0.15) is 18.4 Å². The third-order valence-electron chi connectivity index (χ3n) is 2.61. The summed E-state index contributed by atoms with van der Waals surface area (Å²) in [5, 5.41) is 8.70. The molecule has 0 aromatic heterocycles. The van der Waals surface area contributed by atoms with Gasteiger partial charge >= 0.3 is 5.97 Å². The summed E-state index contributed by atoms with van der Waals surface area (Å²) in [5.74, 6) is 0.240. The predicted molar refractivity (Wildman–Crippen MR) is 71.3 cm³/mol. The molecule has 0 aliphatic carbocycles. The Morgan fingerprint density at radius 2 is 2.06 bits per heavy atom. The van der Waals surface area contributed by atoms with Crippen molar-refractivity contribution >= 4 is 17.7 Å². The number of nitrogens with two attached hydrogens (primary N) is 1. The van der Waals surface area contributed by atoms with Gasteiger partial charge in [0.1, 0.15) is 0 Å².